The van der Waals surface area contributed by atoms with Gasteiger partial charge in [0.25, 0.3) is 5.91 Å². The number of ether oxygens (including phenoxy) is 1. The van der Waals surface area contributed by atoms with Gasteiger partial charge in [-0.1, -0.05) is 28.1 Å². The van der Waals surface area contributed by atoms with E-state index in [4.69, 9.17) is 9.15 Å². The second kappa shape index (κ2) is 9.64. The molecule has 1 amide bonds. The first-order chi connectivity index (χ1) is 15.1. The maximum absolute atomic E-state index is 12.8. The van der Waals surface area contributed by atoms with Crippen LogP contribution in [-0.2, 0) is 11.0 Å². The molecule has 1 heterocycles. The molecule has 0 aliphatic heterocycles. The first-order valence-corrected chi connectivity index (χ1v) is 9.59. The van der Waals surface area contributed by atoms with Crippen LogP contribution in [0.5, 0.6) is 5.75 Å². The van der Waals surface area contributed by atoms with Crippen molar-refractivity contribution in [3.05, 3.63) is 80.5 Å². The molecule has 0 spiro atoms. The first-order valence-electron chi connectivity index (χ1n) is 8.79. The van der Waals surface area contributed by atoms with E-state index in [-0.39, 0.29) is 28.5 Å². The van der Waals surface area contributed by atoms with Crippen LogP contribution in [0.15, 0.2) is 68.6 Å². The molecule has 166 valence electrons. The second-order valence-corrected chi connectivity index (χ2v) is 7.15. The molecule has 32 heavy (non-hydrogen) atoms. The number of carbonyl (C=O) groups excluding carboxylic acids is 1. The zero-order chi connectivity index (χ0) is 23.3. The van der Waals surface area contributed by atoms with Gasteiger partial charge in [0.05, 0.1) is 16.7 Å². The van der Waals surface area contributed by atoms with Gasteiger partial charge in [-0.05, 0) is 36.4 Å². The van der Waals surface area contributed by atoms with Crippen molar-refractivity contribution in [3.63, 3.8) is 0 Å². The molecule has 8 nitrogen and oxygen atoms in total. The van der Waals surface area contributed by atoms with Crippen LogP contribution in [0.25, 0.3) is 11.3 Å². The van der Waals surface area contributed by atoms with Crippen LogP contribution < -0.4 is 10.2 Å². The van der Waals surface area contributed by atoms with Gasteiger partial charge in [-0.3, -0.25) is 14.9 Å². The van der Waals surface area contributed by atoms with Crippen molar-refractivity contribution in [2.75, 3.05) is 6.61 Å². The number of benzene rings is 2. The summed E-state index contributed by atoms with van der Waals surface area (Å²) in [6, 6.07) is 11.7. The molecule has 0 fully saturated rings. The lowest BCUT2D eigenvalue weighted by Crippen LogP contribution is -2.24. The van der Waals surface area contributed by atoms with Crippen molar-refractivity contribution in [2.45, 2.75) is 6.18 Å². The molecule has 3 rings (SSSR count). The summed E-state index contributed by atoms with van der Waals surface area (Å²) in [4.78, 5) is 22.2. The Morgan fingerprint density at radius 1 is 1.22 bits per heavy atom. The van der Waals surface area contributed by atoms with Crippen LogP contribution in [0.2, 0.25) is 0 Å². The van der Waals surface area contributed by atoms with E-state index in [1.54, 1.807) is 0 Å². The van der Waals surface area contributed by atoms with Gasteiger partial charge in [-0.2, -0.15) is 18.3 Å². The van der Waals surface area contributed by atoms with E-state index in [0.29, 0.717) is 4.47 Å². The van der Waals surface area contributed by atoms with Gasteiger partial charge in [0.2, 0.25) is 0 Å². The number of furan rings is 1. The van der Waals surface area contributed by atoms with E-state index in [2.05, 4.69) is 26.5 Å². The number of nitrogens with zero attached hydrogens (tertiary/aromatic N) is 2. The summed E-state index contributed by atoms with van der Waals surface area (Å²) < 4.78 is 49.6. The molecule has 0 atom stereocenters. The zero-order valence-electron chi connectivity index (χ0n) is 15.9. The lowest BCUT2D eigenvalue weighted by Gasteiger charge is -2.07. The maximum atomic E-state index is 12.8. The van der Waals surface area contributed by atoms with Crippen LogP contribution in [-0.4, -0.2) is 23.7 Å². The van der Waals surface area contributed by atoms with Gasteiger partial charge in [0, 0.05) is 16.1 Å². The molecule has 0 bridgehead atoms. The summed E-state index contributed by atoms with van der Waals surface area (Å²) >= 11 is 3.11. The summed E-state index contributed by atoms with van der Waals surface area (Å²) in [6.45, 7) is -0.534. The fourth-order valence-corrected chi connectivity index (χ4v) is 2.87. The van der Waals surface area contributed by atoms with E-state index >= 15 is 0 Å². The first kappa shape index (κ1) is 23.0. The Labute approximate surface area is 187 Å². The number of hydrazone groups is 1. The van der Waals surface area contributed by atoms with E-state index < -0.39 is 29.2 Å². The number of nitro benzene ring substituents is 1. The Kier molecular flexibility index (Phi) is 6.93. The number of halogens is 4. The Bertz CT molecular complexity index is 1180. The molecule has 1 N–H and O–H groups in total. The highest BCUT2D eigenvalue weighted by molar-refractivity contribution is 9.10. The van der Waals surface area contributed by atoms with Crippen LogP contribution in [0.4, 0.5) is 18.9 Å². The van der Waals surface area contributed by atoms with Gasteiger partial charge < -0.3 is 9.15 Å². The third kappa shape index (κ3) is 5.94. The molecule has 0 radical (unpaired) electrons. The van der Waals surface area contributed by atoms with Crippen molar-refractivity contribution in [1.29, 1.82) is 0 Å². The SMILES string of the molecule is O=C(COc1ccc(Br)cc1[N+](=O)[O-])N/N=C\c1ccc(-c2cccc(C(F)(F)F)c2)o1. The van der Waals surface area contributed by atoms with Crippen molar-refractivity contribution in [1.82, 2.24) is 5.43 Å². The number of amides is 1. The molecular formula is C20H13BrF3N3O5. The van der Waals surface area contributed by atoms with Crippen LogP contribution in [0, 0.1) is 10.1 Å². The maximum Gasteiger partial charge on any atom is 0.416 e. The molecule has 0 unspecified atom stereocenters. The number of carbonyl (C=O) groups is 1. The van der Waals surface area contributed by atoms with E-state index in [9.17, 15) is 28.1 Å². The number of hydrogen-bond donors (Lipinski definition) is 1. The monoisotopic (exact) mass is 511 g/mol. The highest BCUT2D eigenvalue weighted by Gasteiger charge is 2.30. The molecule has 0 aliphatic carbocycles. The van der Waals surface area contributed by atoms with Crippen molar-refractivity contribution in [2.24, 2.45) is 5.10 Å². The smallest absolute Gasteiger partial charge is 0.416 e. The van der Waals surface area contributed by atoms with Gasteiger partial charge in [-0.25, -0.2) is 5.43 Å². The molecule has 2 aromatic carbocycles. The summed E-state index contributed by atoms with van der Waals surface area (Å²) in [7, 11) is 0. The number of hydrogen-bond acceptors (Lipinski definition) is 6. The lowest BCUT2D eigenvalue weighted by molar-refractivity contribution is -0.385. The standard InChI is InChI=1S/C20H13BrF3N3O5/c21-14-4-6-18(16(9-14)27(29)30)31-11-19(28)26-25-10-15-5-7-17(32-15)12-2-1-3-13(8-12)20(22,23)24/h1-10H,11H2,(H,26,28)/b25-10-. The average Bonchev–Trinajstić information content (AvgIpc) is 3.21. The van der Waals surface area contributed by atoms with E-state index in [1.807, 2.05) is 0 Å². The van der Waals surface area contributed by atoms with Crippen molar-refractivity contribution >= 4 is 33.7 Å². The number of rotatable bonds is 7. The van der Waals surface area contributed by atoms with E-state index in [1.165, 1.54) is 42.5 Å². The fourth-order valence-electron chi connectivity index (χ4n) is 2.52. The minimum Gasteiger partial charge on any atom is -0.477 e. The minimum atomic E-state index is -4.48. The number of nitro groups is 1. The molecular weight excluding hydrogens is 499 g/mol. The van der Waals surface area contributed by atoms with Crippen LogP contribution in [0.3, 0.4) is 0 Å². The topological polar surface area (TPSA) is 107 Å². The number of alkyl halides is 3. The number of nitrogens with one attached hydrogen (secondary N) is 1. The second-order valence-electron chi connectivity index (χ2n) is 6.23. The van der Waals surface area contributed by atoms with Gasteiger partial charge in [-0.15, -0.1) is 0 Å². The highest BCUT2D eigenvalue weighted by Crippen LogP contribution is 2.32. The van der Waals surface area contributed by atoms with Gasteiger partial charge in [0.1, 0.15) is 11.5 Å². The summed E-state index contributed by atoms with van der Waals surface area (Å²) in [6.07, 6.45) is -3.33. The lowest BCUT2D eigenvalue weighted by atomic mass is 10.1. The summed E-state index contributed by atoms with van der Waals surface area (Å²) in [5.41, 5.74) is 1.27. The van der Waals surface area contributed by atoms with E-state index in [0.717, 1.165) is 18.3 Å². The molecule has 0 saturated heterocycles. The van der Waals surface area contributed by atoms with Gasteiger partial charge >= 0.3 is 11.9 Å². The predicted octanol–water partition coefficient (Wildman–Crippen LogP) is 5.17. The largest absolute Gasteiger partial charge is 0.477 e. The quantitative estimate of drug-likeness (QED) is 0.267. The molecule has 1 aromatic heterocycles. The third-order valence-electron chi connectivity index (χ3n) is 3.96. The molecule has 3 aromatic rings. The van der Waals surface area contributed by atoms with Gasteiger partial charge in [0.15, 0.2) is 12.4 Å². The minimum absolute atomic E-state index is 0.0888. The van der Waals surface area contributed by atoms with Crippen LogP contribution >= 0.6 is 15.9 Å². The third-order valence-corrected chi connectivity index (χ3v) is 4.45. The molecule has 12 heteroatoms. The summed E-state index contributed by atoms with van der Waals surface area (Å²) in [5.74, 6) is -0.408. The molecule has 0 saturated carbocycles. The van der Waals surface area contributed by atoms with Crippen molar-refractivity contribution < 1.29 is 32.0 Å². The zero-order valence-corrected chi connectivity index (χ0v) is 17.5. The Hall–Kier alpha value is -3.67. The fraction of sp³-hybridized carbons (Fsp3) is 0.100. The Morgan fingerprint density at radius 2 is 2.00 bits per heavy atom. The van der Waals surface area contributed by atoms with Crippen LogP contribution in [0.1, 0.15) is 11.3 Å². The summed E-state index contributed by atoms with van der Waals surface area (Å²) in [5, 5.41) is 14.7. The van der Waals surface area contributed by atoms with Crippen molar-refractivity contribution in [3.8, 4) is 17.1 Å². The Balaban J connectivity index is 1.58. The highest BCUT2D eigenvalue weighted by atomic mass is 79.9. The average molecular weight is 512 g/mol. The molecule has 0 aliphatic rings. The predicted molar refractivity (Wildman–Crippen MR) is 111 cm³/mol. The Morgan fingerprint density at radius 3 is 2.72 bits per heavy atom. The normalized spacial score (nSPS) is 11.5.